The first-order valence-corrected chi connectivity index (χ1v) is 3.85. The molecule has 0 aromatic carbocycles. The van der Waals surface area contributed by atoms with Crippen LogP contribution in [-0.4, -0.2) is 11.2 Å². The van der Waals surface area contributed by atoms with Crippen LogP contribution in [-0.2, 0) is 0 Å². The van der Waals surface area contributed by atoms with Crippen molar-refractivity contribution in [3.63, 3.8) is 0 Å². The van der Waals surface area contributed by atoms with E-state index in [-0.39, 0.29) is 6.10 Å². The van der Waals surface area contributed by atoms with Gasteiger partial charge in [0.15, 0.2) is 0 Å². The van der Waals surface area contributed by atoms with Crippen LogP contribution < -0.4 is 0 Å². The summed E-state index contributed by atoms with van der Waals surface area (Å²) in [7, 11) is 0. The van der Waals surface area contributed by atoms with Crippen LogP contribution in [0.5, 0.6) is 0 Å². The molecule has 0 bridgehead atoms. The predicted octanol–water partition coefficient (Wildman–Crippen LogP) is 2.10. The molecule has 1 atom stereocenters. The van der Waals surface area contributed by atoms with Gasteiger partial charge in [0.25, 0.3) is 0 Å². The zero-order chi connectivity index (χ0) is 6.57. The van der Waals surface area contributed by atoms with E-state index in [2.05, 4.69) is 22.6 Å². The Balaban J connectivity index is 3.39. The summed E-state index contributed by atoms with van der Waals surface area (Å²) in [5.74, 6) is 0. The SMILES string of the molecule is C/C(=C/I)CC(C)O. The van der Waals surface area contributed by atoms with E-state index in [1.807, 2.05) is 11.0 Å². The summed E-state index contributed by atoms with van der Waals surface area (Å²) >= 11 is 2.17. The Bertz CT molecular complexity index is 86.5. The Morgan fingerprint density at radius 1 is 1.88 bits per heavy atom. The summed E-state index contributed by atoms with van der Waals surface area (Å²) < 4.78 is 1.99. The van der Waals surface area contributed by atoms with Crippen molar-refractivity contribution in [2.75, 3.05) is 0 Å². The lowest BCUT2D eigenvalue weighted by molar-refractivity contribution is 0.195. The first-order chi connectivity index (χ1) is 3.66. The molecule has 0 aliphatic carbocycles. The Morgan fingerprint density at radius 3 is 2.50 bits per heavy atom. The Morgan fingerprint density at radius 2 is 2.38 bits per heavy atom. The van der Waals surface area contributed by atoms with Crippen LogP contribution in [0.1, 0.15) is 20.3 Å². The van der Waals surface area contributed by atoms with Crippen molar-refractivity contribution in [1.82, 2.24) is 0 Å². The monoisotopic (exact) mass is 226 g/mol. The van der Waals surface area contributed by atoms with Gasteiger partial charge in [0, 0.05) is 0 Å². The van der Waals surface area contributed by atoms with Crippen molar-refractivity contribution in [1.29, 1.82) is 0 Å². The van der Waals surface area contributed by atoms with Crippen LogP contribution in [0.15, 0.2) is 9.66 Å². The van der Waals surface area contributed by atoms with Crippen LogP contribution >= 0.6 is 22.6 Å². The highest BCUT2D eigenvalue weighted by Gasteiger charge is 1.94. The van der Waals surface area contributed by atoms with Gasteiger partial charge < -0.3 is 5.11 Å². The smallest absolute Gasteiger partial charge is 0.0549 e. The molecule has 8 heavy (non-hydrogen) atoms. The van der Waals surface area contributed by atoms with E-state index in [0.717, 1.165) is 6.42 Å². The third-order valence-corrected chi connectivity index (χ3v) is 1.87. The molecule has 2 heteroatoms. The standard InChI is InChI=1S/C6H11IO/c1-5(4-7)3-6(2)8/h4,6,8H,3H2,1-2H3/b5-4-. The zero-order valence-corrected chi connectivity index (χ0v) is 7.34. The Hall–Kier alpha value is 0.430. The predicted molar refractivity (Wildman–Crippen MR) is 44.1 cm³/mol. The maximum atomic E-state index is 8.81. The largest absolute Gasteiger partial charge is 0.393 e. The number of rotatable bonds is 2. The molecule has 48 valence electrons. The highest BCUT2D eigenvalue weighted by Crippen LogP contribution is 2.05. The number of hydrogen-bond acceptors (Lipinski definition) is 1. The van der Waals surface area contributed by atoms with E-state index < -0.39 is 0 Å². The summed E-state index contributed by atoms with van der Waals surface area (Å²) in [6, 6.07) is 0. The van der Waals surface area contributed by atoms with Crippen LogP contribution in [0.2, 0.25) is 0 Å². The fourth-order valence-electron chi connectivity index (χ4n) is 0.511. The summed E-state index contributed by atoms with van der Waals surface area (Å²) in [6.07, 6.45) is 0.601. The lowest BCUT2D eigenvalue weighted by atomic mass is 10.2. The van der Waals surface area contributed by atoms with Gasteiger partial charge in [-0.3, -0.25) is 0 Å². The molecule has 0 saturated heterocycles. The number of hydrogen-bond donors (Lipinski definition) is 1. The van der Waals surface area contributed by atoms with E-state index in [1.165, 1.54) is 5.57 Å². The molecule has 0 rings (SSSR count). The summed E-state index contributed by atoms with van der Waals surface area (Å²) in [5, 5.41) is 8.81. The number of aliphatic hydroxyl groups excluding tert-OH is 1. The summed E-state index contributed by atoms with van der Waals surface area (Å²) in [6.45, 7) is 3.81. The molecule has 0 saturated carbocycles. The van der Waals surface area contributed by atoms with Gasteiger partial charge in [-0.1, -0.05) is 28.2 Å². The second kappa shape index (κ2) is 4.32. The van der Waals surface area contributed by atoms with Crippen molar-refractivity contribution in [3.8, 4) is 0 Å². The first kappa shape index (κ1) is 8.43. The zero-order valence-electron chi connectivity index (χ0n) is 5.19. The van der Waals surface area contributed by atoms with E-state index in [9.17, 15) is 0 Å². The van der Waals surface area contributed by atoms with Gasteiger partial charge in [-0.15, -0.1) is 0 Å². The van der Waals surface area contributed by atoms with Gasteiger partial charge >= 0.3 is 0 Å². The molecule has 1 nitrogen and oxygen atoms in total. The van der Waals surface area contributed by atoms with Crippen molar-refractivity contribution in [2.45, 2.75) is 26.4 Å². The van der Waals surface area contributed by atoms with Crippen LogP contribution in [0.3, 0.4) is 0 Å². The molecule has 0 spiro atoms. The Labute approximate surface area is 63.9 Å². The van der Waals surface area contributed by atoms with E-state index in [0.29, 0.717) is 0 Å². The van der Waals surface area contributed by atoms with E-state index in [4.69, 9.17) is 5.11 Å². The number of halogens is 1. The molecule has 0 amide bonds. The van der Waals surface area contributed by atoms with Crippen LogP contribution in [0.25, 0.3) is 0 Å². The molecule has 0 aromatic rings. The van der Waals surface area contributed by atoms with Crippen molar-refractivity contribution >= 4 is 22.6 Å². The van der Waals surface area contributed by atoms with Crippen molar-refractivity contribution < 1.29 is 5.11 Å². The fraction of sp³-hybridized carbons (Fsp3) is 0.667. The molecule has 0 radical (unpaired) electrons. The third kappa shape index (κ3) is 4.59. The summed E-state index contributed by atoms with van der Waals surface area (Å²) in [4.78, 5) is 0. The maximum absolute atomic E-state index is 8.81. The minimum atomic E-state index is -0.194. The second-order valence-corrected chi connectivity index (χ2v) is 2.63. The lowest BCUT2D eigenvalue weighted by Gasteiger charge is -2.00. The molecule has 0 aliphatic heterocycles. The van der Waals surface area contributed by atoms with Crippen LogP contribution in [0, 0.1) is 0 Å². The lowest BCUT2D eigenvalue weighted by Crippen LogP contribution is -1.98. The molecule has 0 aliphatic rings. The minimum Gasteiger partial charge on any atom is -0.393 e. The van der Waals surface area contributed by atoms with Gasteiger partial charge in [-0.25, -0.2) is 0 Å². The molecule has 1 unspecified atom stereocenters. The van der Waals surface area contributed by atoms with Crippen LogP contribution in [0.4, 0.5) is 0 Å². The molecule has 0 fully saturated rings. The minimum absolute atomic E-state index is 0.194. The fourth-order valence-corrected chi connectivity index (χ4v) is 0.765. The van der Waals surface area contributed by atoms with Crippen molar-refractivity contribution in [2.24, 2.45) is 0 Å². The average molecular weight is 226 g/mol. The third-order valence-electron chi connectivity index (χ3n) is 0.804. The molecule has 0 heterocycles. The average Bonchev–Trinajstić information content (AvgIpc) is 1.65. The molecular weight excluding hydrogens is 215 g/mol. The summed E-state index contributed by atoms with van der Waals surface area (Å²) in [5.41, 5.74) is 1.24. The second-order valence-electron chi connectivity index (χ2n) is 2.01. The number of aliphatic hydroxyl groups is 1. The topological polar surface area (TPSA) is 20.2 Å². The molecular formula is C6H11IO. The molecule has 1 N–H and O–H groups in total. The highest BCUT2D eigenvalue weighted by atomic mass is 127. The van der Waals surface area contributed by atoms with Gasteiger partial charge in [0.2, 0.25) is 0 Å². The van der Waals surface area contributed by atoms with E-state index >= 15 is 0 Å². The normalized spacial score (nSPS) is 16.2. The van der Waals surface area contributed by atoms with Gasteiger partial charge in [0.05, 0.1) is 6.10 Å². The molecule has 0 aromatic heterocycles. The Kier molecular flexibility index (Phi) is 4.56. The van der Waals surface area contributed by atoms with Crippen molar-refractivity contribution in [3.05, 3.63) is 9.66 Å². The van der Waals surface area contributed by atoms with Gasteiger partial charge in [-0.2, -0.15) is 0 Å². The highest BCUT2D eigenvalue weighted by molar-refractivity contribution is 14.1. The maximum Gasteiger partial charge on any atom is 0.0549 e. The first-order valence-electron chi connectivity index (χ1n) is 2.60. The van der Waals surface area contributed by atoms with E-state index in [1.54, 1.807) is 6.92 Å². The quantitative estimate of drug-likeness (QED) is 0.715. The van der Waals surface area contributed by atoms with Gasteiger partial charge in [0.1, 0.15) is 0 Å². The van der Waals surface area contributed by atoms with Gasteiger partial charge in [-0.05, 0) is 24.4 Å².